The first-order valence-electron chi connectivity index (χ1n) is 8.53. The van der Waals surface area contributed by atoms with Crippen molar-refractivity contribution in [2.75, 3.05) is 19.6 Å². The van der Waals surface area contributed by atoms with Gasteiger partial charge in [-0.3, -0.25) is 0 Å². The summed E-state index contributed by atoms with van der Waals surface area (Å²) in [7, 11) is 0. The van der Waals surface area contributed by atoms with Crippen molar-refractivity contribution in [3.05, 3.63) is 59.7 Å². The molecule has 0 amide bonds. The smallest absolute Gasteiger partial charge is 0.339 e. The second kappa shape index (κ2) is 15.1. The molecule has 2 aromatic rings. The van der Waals surface area contributed by atoms with Gasteiger partial charge in [-0.15, -0.1) is 0 Å². The molecule has 0 spiro atoms. The fourth-order valence-corrected chi connectivity index (χ4v) is 1.98. The molecule has 0 fully saturated rings. The summed E-state index contributed by atoms with van der Waals surface area (Å²) in [6.45, 7) is 10.1. The van der Waals surface area contributed by atoms with Crippen LogP contribution in [0.15, 0.2) is 48.5 Å². The van der Waals surface area contributed by atoms with E-state index in [0.29, 0.717) is 0 Å². The van der Waals surface area contributed by atoms with E-state index in [1.807, 2.05) is 0 Å². The Balaban J connectivity index is 0. The van der Waals surface area contributed by atoms with E-state index >= 15 is 0 Å². The summed E-state index contributed by atoms with van der Waals surface area (Å²) in [5.41, 5.74) is -0.134. The molecule has 7 nitrogen and oxygen atoms in total. The van der Waals surface area contributed by atoms with Gasteiger partial charge >= 0.3 is 11.9 Å². The number of aromatic carboxylic acids is 2. The predicted molar refractivity (Wildman–Crippen MR) is 109 cm³/mol. The Morgan fingerprint density at radius 3 is 1.14 bits per heavy atom. The number of carboxylic acid groups (broad SMARTS) is 2. The van der Waals surface area contributed by atoms with E-state index in [-0.39, 0.29) is 31.0 Å². The maximum atomic E-state index is 10.3. The van der Waals surface area contributed by atoms with Gasteiger partial charge in [0, 0.05) is 8.41 Å². The number of nitrogens with zero attached hydrogens (tertiary/aromatic N) is 1. The molecule has 0 atom stereocenters. The van der Waals surface area contributed by atoms with Crippen LogP contribution in [0.1, 0.15) is 41.5 Å². The van der Waals surface area contributed by atoms with Crippen LogP contribution in [0.4, 0.5) is 0 Å². The van der Waals surface area contributed by atoms with E-state index in [1.54, 1.807) is 24.3 Å². The summed E-state index contributed by atoms with van der Waals surface area (Å²) in [5, 5.41) is 34.6. The SMILES string of the molecule is CCN(CC)CC.O=C(O)c1ccccc1O.O=C(O)c1ccccc1O.[B]. The predicted octanol–water partition coefficient (Wildman–Crippen LogP) is 3.15. The van der Waals surface area contributed by atoms with Crippen molar-refractivity contribution >= 4 is 20.4 Å². The Labute approximate surface area is 167 Å². The molecule has 0 bridgehead atoms. The molecule has 0 aromatic heterocycles. The first kappa shape index (κ1) is 27.2. The number of carbonyl (C=O) groups is 2. The molecule has 8 heteroatoms. The number of aromatic hydroxyl groups is 2. The fraction of sp³-hybridized carbons (Fsp3) is 0.300. The largest absolute Gasteiger partial charge is 0.507 e. The number of para-hydroxylation sites is 2. The van der Waals surface area contributed by atoms with E-state index in [1.165, 1.54) is 43.9 Å². The minimum absolute atomic E-state index is 0. The molecule has 2 aromatic carbocycles. The molecule has 0 aliphatic heterocycles. The average Bonchev–Trinajstić information content (AvgIpc) is 2.64. The normalized spacial score (nSPS) is 9.14. The van der Waals surface area contributed by atoms with Crippen molar-refractivity contribution in [1.29, 1.82) is 0 Å². The quantitative estimate of drug-likeness (QED) is 0.581. The van der Waals surface area contributed by atoms with Crippen molar-refractivity contribution in [3.8, 4) is 11.5 Å². The molecule has 28 heavy (non-hydrogen) atoms. The summed E-state index contributed by atoms with van der Waals surface area (Å²) in [4.78, 5) is 22.9. The van der Waals surface area contributed by atoms with Crippen LogP contribution < -0.4 is 0 Å². The lowest BCUT2D eigenvalue weighted by Crippen LogP contribution is -2.21. The first-order valence-corrected chi connectivity index (χ1v) is 8.53. The van der Waals surface area contributed by atoms with Gasteiger partial charge in [0.1, 0.15) is 22.6 Å². The molecule has 151 valence electrons. The fourth-order valence-electron chi connectivity index (χ4n) is 1.98. The maximum absolute atomic E-state index is 10.3. The number of carboxylic acids is 2. The zero-order valence-electron chi connectivity index (χ0n) is 16.4. The van der Waals surface area contributed by atoms with E-state index in [0.717, 1.165) is 0 Å². The van der Waals surface area contributed by atoms with Crippen molar-refractivity contribution in [1.82, 2.24) is 4.90 Å². The number of phenols is 2. The molecular formula is C20H27BNO6. The Bertz CT molecular complexity index is 658. The van der Waals surface area contributed by atoms with Crippen LogP contribution in [0.3, 0.4) is 0 Å². The summed E-state index contributed by atoms with van der Waals surface area (Å²) < 4.78 is 0. The summed E-state index contributed by atoms with van der Waals surface area (Å²) in [6.07, 6.45) is 0. The van der Waals surface area contributed by atoms with Gasteiger partial charge in [-0.05, 0) is 43.9 Å². The highest BCUT2D eigenvalue weighted by molar-refractivity contribution is 5.91. The van der Waals surface area contributed by atoms with E-state index in [9.17, 15) is 9.59 Å². The van der Waals surface area contributed by atoms with Gasteiger partial charge in [0.05, 0.1) is 0 Å². The number of hydrogen-bond donors (Lipinski definition) is 4. The van der Waals surface area contributed by atoms with Crippen LogP contribution in [0.2, 0.25) is 0 Å². The molecule has 0 unspecified atom stereocenters. The van der Waals surface area contributed by atoms with Crippen LogP contribution >= 0.6 is 0 Å². The molecular weight excluding hydrogens is 361 g/mol. The number of hydrogen-bond acceptors (Lipinski definition) is 5. The molecule has 0 aliphatic rings. The number of benzene rings is 2. The van der Waals surface area contributed by atoms with Gasteiger partial charge in [0.15, 0.2) is 0 Å². The second-order valence-corrected chi connectivity index (χ2v) is 5.26. The van der Waals surface area contributed by atoms with Gasteiger partial charge in [-0.2, -0.15) is 0 Å². The summed E-state index contributed by atoms with van der Waals surface area (Å²) in [6, 6.07) is 11.6. The monoisotopic (exact) mass is 388 g/mol. The lowest BCUT2D eigenvalue weighted by atomic mass is 10.2. The van der Waals surface area contributed by atoms with Gasteiger partial charge in [-0.1, -0.05) is 45.0 Å². The van der Waals surface area contributed by atoms with Crippen LogP contribution in [-0.2, 0) is 0 Å². The van der Waals surface area contributed by atoms with Gasteiger partial charge in [0.2, 0.25) is 0 Å². The van der Waals surface area contributed by atoms with Gasteiger partial charge in [-0.25, -0.2) is 9.59 Å². The minimum Gasteiger partial charge on any atom is -0.507 e. The van der Waals surface area contributed by atoms with Crippen LogP contribution in [0, 0.1) is 0 Å². The highest BCUT2D eigenvalue weighted by Crippen LogP contribution is 2.15. The standard InChI is InChI=1S/2C7H6O3.C6H15N.B/c2*8-6-4-2-1-3-5(6)7(9)10;1-4-7(5-2)6-3;/h2*1-4,8H,(H,9,10);4-6H2,1-3H3;. The number of rotatable bonds is 5. The Hall–Kier alpha value is -3.00. The summed E-state index contributed by atoms with van der Waals surface area (Å²) in [5.74, 6) is -2.62. The average molecular weight is 388 g/mol. The van der Waals surface area contributed by atoms with E-state index in [2.05, 4.69) is 25.7 Å². The zero-order valence-corrected chi connectivity index (χ0v) is 16.4. The van der Waals surface area contributed by atoms with Crippen molar-refractivity contribution in [2.45, 2.75) is 20.8 Å². The molecule has 0 aliphatic carbocycles. The maximum Gasteiger partial charge on any atom is 0.339 e. The van der Waals surface area contributed by atoms with Crippen LogP contribution in [0.25, 0.3) is 0 Å². The van der Waals surface area contributed by atoms with Gasteiger partial charge in [0.25, 0.3) is 0 Å². The summed E-state index contributed by atoms with van der Waals surface area (Å²) >= 11 is 0. The van der Waals surface area contributed by atoms with E-state index < -0.39 is 11.9 Å². The Morgan fingerprint density at radius 1 is 0.714 bits per heavy atom. The minimum atomic E-state index is -1.11. The zero-order chi connectivity index (χ0) is 20.8. The van der Waals surface area contributed by atoms with Crippen LogP contribution in [-0.4, -0.2) is 65.3 Å². The molecule has 0 saturated heterocycles. The lowest BCUT2D eigenvalue weighted by Gasteiger charge is -2.13. The first-order chi connectivity index (χ1) is 12.8. The van der Waals surface area contributed by atoms with Crippen LogP contribution in [0.5, 0.6) is 11.5 Å². The molecule has 2 rings (SSSR count). The Morgan fingerprint density at radius 2 is 1.00 bits per heavy atom. The third kappa shape index (κ3) is 10.2. The van der Waals surface area contributed by atoms with Crippen molar-refractivity contribution in [3.63, 3.8) is 0 Å². The third-order valence-electron chi connectivity index (χ3n) is 3.61. The lowest BCUT2D eigenvalue weighted by molar-refractivity contribution is 0.0682. The van der Waals surface area contributed by atoms with E-state index in [4.69, 9.17) is 20.4 Å². The second-order valence-electron chi connectivity index (χ2n) is 5.26. The van der Waals surface area contributed by atoms with Gasteiger partial charge < -0.3 is 25.3 Å². The topological polar surface area (TPSA) is 118 Å². The molecule has 3 radical (unpaired) electrons. The molecule has 0 saturated carbocycles. The third-order valence-corrected chi connectivity index (χ3v) is 3.61. The molecule has 0 heterocycles. The highest BCUT2D eigenvalue weighted by Gasteiger charge is 2.06. The highest BCUT2D eigenvalue weighted by atomic mass is 16.4. The molecule has 4 N–H and O–H groups in total. The Kier molecular flexibility index (Phi) is 14.7. The van der Waals surface area contributed by atoms with Crippen molar-refractivity contribution < 1.29 is 30.0 Å². The van der Waals surface area contributed by atoms with Crippen molar-refractivity contribution in [2.24, 2.45) is 0 Å².